The number of hydrogen-bond acceptors (Lipinski definition) is 4. The molecular weight excluding hydrogens is 614 g/mol. The van der Waals surface area contributed by atoms with Crippen LogP contribution in [-0.4, -0.2) is 23.3 Å². The second kappa shape index (κ2) is 16.2. The van der Waals surface area contributed by atoms with Crippen LogP contribution >= 0.6 is 49.6 Å². The Kier molecular flexibility index (Phi) is 14.5. The van der Waals surface area contributed by atoms with Crippen LogP contribution in [0.25, 0.3) is 11.1 Å². The SMILES string of the molecule is Cl.Cl.Cl.Cl.N=C(N)c1ccc(C(=C(c2ccc(C(=N)N)cc2)c2ccc(C(=N)N)cc2)c2ccc(C(=N)N)cc2)cc1. The van der Waals surface area contributed by atoms with Gasteiger partial charge in [0.15, 0.2) is 0 Å². The number of hydrogen-bond donors (Lipinski definition) is 8. The van der Waals surface area contributed by atoms with Gasteiger partial charge < -0.3 is 22.9 Å². The summed E-state index contributed by atoms with van der Waals surface area (Å²) in [5, 5.41) is 31.1. The number of halogens is 4. The van der Waals surface area contributed by atoms with E-state index in [1.165, 1.54) is 0 Å². The molecule has 0 aliphatic rings. The van der Waals surface area contributed by atoms with Crippen molar-refractivity contribution in [2.45, 2.75) is 0 Å². The number of nitrogen functional groups attached to an aromatic ring is 4. The lowest BCUT2D eigenvalue weighted by Crippen LogP contribution is -2.12. The molecule has 4 rings (SSSR count). The summed E-state index contributed by atoms with van der Waals surface area (Å²) in [6, 6.07) is 29.7. The molecule has 42 heavy (non-hydrogen) atoms. The predicted octanol–water partition coefficient (Wildman–Crippen LogP) is 5.52. The van der Waals surface area contributed by atoms with Gasteiger partial charge in [-0.25, -0.2) is 0 Å². The van der Waals surface area contributed by atoms with Crippen molar-refractivity contribution in [1.29, 1.82) is 21.6 Å². The third-order valence-electron chi connectivity index (χ3n) is 6.19. The zero-order chi connectivity index (χ0) is 27.4. The molecule has 0 fully saturated rings. The normalized spacial score (nSPS) is 9.43. The number of amidine groups is 4. The van der Waals surface area contributed by atoms with Crippen LogP contribution in [0.3, 0.4) is 0 Å². The summed E-state index contributed by atoms with van der Waals surface area (Å²) in [6.07, 6.45) is 0. The van der Waals surface area contributed by atoms with E-state index in [0.29, 0.717) is 22.3 Å². The van der Waals surface area contributed by atoms with E-state index in [-0.39, 0.29) is 73.0 Å². The molecule has 12 heteroatoms. The lowest BCUT2D eigenvalue weighted by atomic mass is 9.84. The molecule has 0 aliphatic carbocycles. The van der Waals surface area contributed by atoms with E-state index in [2.05, 4.69) is 0 Å². The minimum atomic E-state index is -0.0206. The van der Waals surface area contributed by atoms with E-state index in [4.69, 9.17) is 44.6 Å². The van der Waals surface area contributed by atoms with Crippen molar-refractivity contribution < 1.29 is 0 Å². The molecule has 12 N–H and O–H groups in total. The Morgan fingerprint density at radius 3 is 0.524 bits per heavy atom. The minimum absolute atomic E-state index is 0. The van der Waals surface area contributed by atoms with Gasteiger partial charge >= 0.3 is 0 Å². The molecule has 220 valence electrons. The van der Waals surface area contributed by atoms with E-state index in [0.717, 1.165) is 33.4 Å². The largest absolute Gasteiger partial charge is 0.384 e. The maximum Gasteiger partial charge on any atom is 0.122 e. The fraction of sp³-hybridized carbons (Fsp3) is 0. The van der Waals surface area contributed by atoms with Crippen molar-refractivity contribution >= 4 is 84.1 Å². The van der Waals surface area contributed by atoms with Gasteiger partial charge in [0, 0.05) is 22.3 Å². The molecule has 0 amide bonds. The summed E-state index contributed by atoms with van der Waals surface area (Å²) in [7, 11) is 0. The smallest absolute Gasteiger partial charge is 0.122 e. The highest BCUT2D eigenvalue weighted by atomic mass is 35.5. The molecule has 0 bridgehead atoms. The Balaban J connectivity index is 0.00000420. The van der Waals surface area contributed by atoms with Gasteiger partial charge in [-0.2, -0.15) is 0 Å². The van der Waals surface area contributed by atoms with Crippen molar-refractivity contribution in [2.24, 2.45) is 22.9 Å². The van der Waals surface area contributed by atoms with Gasteiger partial charge in [-0.15, -0.1) is 49.6 Å². The van der Waals surface area contributed by atoms with Gasteiger partial charge in [0.2, 0.25) is 0 Å². The third-order valence-corrected chi connectivity index (χ3v) is 6.19. The fourth-order valence-electron chi connectivity index (χ4n) is 4.18. The summed E-state index contributed by atoms with van der Waals surface area (Å²) in [5.74, 6) is -0.0824. The first-order valence-corrected chi connectivity index (χ1v) is 11.7. The van der Waals surface area contributed by atoms with Gasteiger partial charge in [-0.3, -0.25) is 21.6 Å². The molecule has 0 aliphatic heterocycles. The van der Waals surface area contributed by atoms with Gasteiger partial charge in [0.25, 0.3) is 0 Å². The van der Waals surface area contributed by atoms with Crippen LogP contribution in [0, 0.1) is 21.6 Å². The quantitative estimate of drug-likeness (QED) is 0.0709. The second-order valence-electron chi connectivity index (χ2n) is 8.71. The molecule has 0 atom stereocenters. The standard InChI is InChI=1S/C30H28N8.4ClH/c31-27(32)21-9-1-17(2-10-21)25(18-3-11-22(12-4-18)28(33)34)26(19-5-13-23(14-6-19)29(35)36)20-7-15-24(16-8-20)30(37)38;;;;/h1-16H,(H3,31,32)(H3,33,34)(H3,35,36)(H3,37,38);4*1H. The van der Waals surface area contributed by atoms with Crippen molar-refractivity contribution in [3.05, 3.63) is 142 Å². The Morgan fingerprint density at radius 1 is 0.286 bits per heavy atom. The molecule has 4 aromatic carbocycles. The van der Waals surface area contributed by atoms with Crippen LogP contribution in [0.5, 0.6) is 0 Å². The average Bonchev–Trinajstić information content (AvgIpc) is 2.92. The lowest BCUT2D eigenvalue weighted by Gasteiger charge is -2.19. The summed E-state index contributed by atoms with van der Waals surface area (Å²) in [4.78, 5) is 0. The number of nitrogens with one attached hydrogen (secondary N) is 4. The van der Waals surface area contributed by atoms with Crippen molar-refractivity contribution in [3.8, 4) is 0 Å². The van der Waals surface area contributed by atoms with Crippen LogP contribution < -0.4 is 22.9 Å². The van der Waals surface area contributed by atoms with Gasteiger partial charge in [-0.1, -0.05) is 97.1 Å². The maximum atomic E-state index is 7.78. The number of rotatable bonds is 8. The van der Waals surface area contributed by atoms with Crippen molar-refractivity contribution in [1.82, 2.24) is 0 Å². The monoisotopic (exact) mass is 644 g/mol. The van der Waals surface area contributed by atoms with Gasteiger partial charge in [0.1, 0.15) is 23.3 Å². The van der Waals surface area contributed by atoms with E-state index in [9.17, 15) is 0 Å². The number of nitrogens with two attached hydrogens (primary N) is 4. The second-order valence-corrected chi connectivity index (χ2v) is 8.71. The summed E-state index contributed by atoms with van der Waals surface area (Å²) >= 11 is 0. The zero-order valence-electron chi connectivity index (χ0n) is 22.2. The van der Waals surface area contributed by atoms with Crippen LogP contribution in [0.2, 0.25) is 0 Å². The molecule has 0 heterocycles. The molecule has 4 aromatic rings. The molecule has 0 spiro atoms. The van der Waals surface area contributed by atoms with Crippen LogP contribution in [0.4, 0.5) is 0 Å². The van der Waals surface area contributed by atoms with Crippen LogP contribution in [0.1, 0.15) is 44.5 Å². The van der Waals surface area contributed by atoms with Gasteiger partial charge in [0.05, 0.1) is 0 Å². The zero-order valence-corrected chi connectivity index (χ0v) is 25.4. The maximum absolute atomic E-state index is 7.78. The molecule has 0 saturated carbocycles. The Morgan fingerprint density at radius 2 is 0.405 bits per heavy atom. The predicted molar refractivity (Wildman–Crippen MR) is 184 cm³/mol. The molecular formula is C30H32Cl4N8. The third kappa shape index (κ3) is 8.34. The number of benzene rings is 4. The van der Waals surface area contributed by atoms with Gasteiger partial charge in [-0.05, 0) is 33.4 Å². The first-order valence-electron chi connectivity index (χ1n) is 11.7. The lowest BCUT2D eigenvalue weighted by molar-refractivity contribution is 1.40. The average molecular weight is 646 g/mol. The Bertz CT molecular complexity index is 1340. The first-order chi connectivity index (χ1) is 18.2. The highest BCUT2D eigenvalue weighted by molar-refractivity contribution is 6.06. The van der Waals surface area contributed by atoms with Crippen molar-refractivity contribution in [2.75, 3.05) is 0 Å². The Labute approximate surface area is 269 Å². The fourth-order valence-corrected chi connectivity index (χ4v) is 4.18. The molecule has 0 saturated heterocycles. The minimum Gasteiger partial charge on any atom is -0.384 e. The van der Waals surface area contributed by atoms with Crippen LogP contribution in [-0.2, 0) is 0 Å². The van der Waals surface area contributed by atoms with E-state index in [1.807, 2.05) is 48.5 Å². The van der Waals surface area contributed by atoms with E-state index in [1.54, 1.807) is 48.5 Å². The Hall–Kier alpha value is -4.34. The van der Waals surface area contributed by atoms with Crippen LogP contribution in [0.15, 0.2) is 97.1 Å². The molecule has 0 unspecified atom stereocenters. The first kappa shape index (κ1) is 37.7. The summed E-state index contributed by atoms with van der Waals surface area (Å²) in [6.45, 7) is 0. The molecule has 0 aromatic heterocycles. The molecule has 8 nitrogen and oxygen atoms in total. The summed E-state index contributed by atoms with van der Waals surface area (Å²) < 4.78 is 0. The summed E-state index contributed by atoms with van der Waals surface area (Å²) in [5.41, 5.74) is 30.5. The van der Waals surface area contributed by atoms with E-state index >= 15 is 0 Å². The van der Waals surface area contributed by atoms with Crippen molar-refractivity contribution in [3.63, 3.8) is 0 Å². The molecule has 0 radical (unpaired) electrons. The van der Waals surface area contributed by atoms with E-state index < -0.39 is 0 Å². The topological polar surface area (TPSA) is 199 Å². The highest BCUT2D eigenvalue weighted by Crippen LogP contribution is 2.37. The highest BCUT2D eigenvalue weighted by Gasteiger charge is 2.17.